The lowest BCUT2D eigenvalue weighted by Gasteiger charge is -2.20. The molecule has 0 aromatic heterocycles. The van der Waals surface area contributed by atoms with Gasteiger partial charge in [-0.15, -0.1) is 0 Å². The zero-order chi connectivity index (χ0) is 14.9. The van der Waals surface area contributed by atoms with Gasteiger partial charge in [-0.3, -0.25) is 4.39 Å². The van der Waals surface area contributed by atoms with E-state index in [4.69, 9.17) is 10.5 Å². The number of ether oxygens (including phenoxy) is 1. The van der Waals surface area contributed by atoms with Gasteiger partial charge in [0.05, 0.1) is 13.3 Å². The summed E-state index contributed by atoms with van der Waals surface area (Å²) in [7, 11) is 0. The van der Waals surface area contributed by atoms with Crippen LogP contribution >= 0.6 is 0 Å². The molecule has 1 fully saturated rings. The molecule has 1 aliphatic heterocycles. The SMILES string of the molecule is N[C@@H](Cc1ccc(OCCCCF)cc1)CN1CCCC1. The smallest absolute Gasteiger partial charge is 0.119 e. The Morgan fingerprint density at radius 2 is 1.86 bits per heavy atom. The first-order valence-corrected chi connectivity index (χ1v) is 8.03. The monoisotopic (exact) mass is 294 g/mol. The molecule has 3 nitrogen and oxygen atoms in total. The molecule has 4 heteroatoms. The van der Waals surface area contributed by atoms with Gasteiger partial charge < -0.3 is 15.4 Å². The Kier molecular flexibility index (Phi) is 6.96. The zero-order valence-electron chi connectivity index (χ0n) is 12.8. The number of likely N-dealkylation sites (tertiary alicyclic amines) is 1. The fourth-order valence-corrected chi connectivity index (χ4v) is 2.77. The molecule has 2 rings (SSSR count). The number of benzene rings is 1. The van der Waals surface area contributed by atoms with Crippen molar-refractivity contribution in [1.29, 1.82) is 0 Å². The molecule has 0 spiro atoms. The maximum absolute atomic E-state index is 12.0. The van der Waals surface area contributed by atoms with Crippen molar-refractivity contribution in [3.05, 3.63) is 29.8 Å². The van der Waals surface area contributed by atoms with Crippen LogP contribution in [0.4, 0.5) is 4.39 Å². The Hall–Kier alpha value is -1.13. The third-order valence-corrected chi connectivity index (χ3v) is 3.91. The minimum atomic E-state index is -0.267. The molecule has 0 bridgehead atoms. The maximum atomic E-state index is 12.0. The van der Waals surface area contributed by atoms with E-state index in [1.165, 1.54) is 31.5 Å². The highest BCUT2D eigenvalue weighted by Crippen LogP contribution is 2.15. The van der Waals surface area contributed by atoms with E-state index >= 15 is 0 Å². The summed E-state index contributed by atoms with van der Waals surface area (Å²) in [5, 5.41) is 0. The highest BCUT2D eigenvalue weighted by atomic mass is 19.1. The number of hydrogen-bond acceptors (Lipinski definition) is 3. The summed E-state index contributed by atoms with van der Waals surface area (Å²) in [4.78, 5) is 2.45. The Morgan fingerprint density at radius 1 is 1.14 bits per heavy atom. The summed E-state index contributed by atoms with van der Waals surface area (Å²) in [6.45, 7) is 3.69. The molecule has 21 heavy (non-hydrogen) atoms. The number of rotatable bonds is 9. The second-order valence-corrected chi connectivity index (χ2v) is 5.86. The highest BCUT2D eigenvalue weighted by molar-refractivity contribution is 5.27. The molecule has 0 amide bonds. The fraction of sp³-hybridized carbons (Fsp3) is 0.647. The second kappa shape index (κ2) is 9.00. The summed E-state index contributed by atoms with van der Waals surface area (Å²) in [6, 6.07) is 8.31. The number of halogens is 1. The van der Waals surface area contributed by atoms with Crippen LogP contribution < -0.4 is 10.5 Å². The van der Waals surface area contributed by atoms with Gasteiger partial charge in [-0.2, -0.15) is 0 Å². The van der Waals surface area contributed by atoms with Crippen LogP contribution in [0.5, 0.6) is 5.75 Å². The first-order valence-electron chi connectivity index (χ1n) is 8.03. The van der Waals surface area contributed by atoms with Crippen molar-refractivity contribution in [2.45, 2.75) is 38.1 Å². The first-order chi connectivity index (χ1) is 10.3. The fourth-order valence-electron chi connectivity index (χ4n) is 2.77. The van der Waals surface area contributed by atoms with Crippen molar-refractivity contribution >= 4 is 0 Å². The molecule has 1 aromatic carbocycles. The van der Waals surface area contributed by atoms with E-state index in [2.05, 4.69) is 17.0 Å². The van der Waals surface area contributed by atoms with Crippen molar-refractivity contribution in [2.24, 2.45) is 5.73 Å². The van der Waals surface area contributed by atoms with Crippen LogP contribution in [0, 0.1) is 0 Å². The lowest BCUT2D eigenvalue weighted by molar-refractivity contribution is 0.297. The lowest BCUT2D eigenvalue weighted by Crippen LogP contribution is -2.37. The van der Waals surface area contributed by atoms with Gasteiger partial charge in [0.2, 0.25) is 0 Å². The Bertz CT molecular complexity index is 390. The molecule has 0 saturated carbocycles. The van der Waals surface area contributed by atoms with E-state index in [-0.39, 0.29) is 12.7 Å². The maximum Gasteiger partial charge on any atom is 0.119 e. The van der Waals surface area contributed by atoms with Crippen molar-refractivity contribution in [3.8, 4) is 5.75 Å². The van der Waals surface area contributed by atoms with Crippen LogP contribution in [-0.4, -0.2) is 43.9 Å². The number of alkyl halides is 1. The topological polar surface area (TPSA) is 38.5 Å². The van der Waals surface area contributed by atoms with Gasteiger partial charge in [-0.1, -0.05) is 12.1 Å². The molecule has 1 aliphatic rings. The van der Waals surface area contributed by atoms with Gasteiger partial charge in [-0.25, -0.2) is 0 Å². The average molecular weight is 294 g/mol. The molecular formula is C17H27FN2O. The number of nitrogens with two attached hydrogens (primary N) is 1. The molecule has 1 aromatic rings. The van der Waals surface area contributed by atoms with Gasteiger partial charge in [-0.05, 0) is 62.9 Å². The predicted octanol–water partition coefficient (Wildman–Crippen LogP) is 2.78. The summed E-state index contributed by atoms with van der Waals surface area (Å²) < 4.78 is 17.5. The molecule has 1 saturated heterocycles. The second-order valence-electron chi connectivity index (χ2n) is 5.86. The van der Waals surface area contributed by atoms with Crippen LogP contribution in [0.3, 0.4) is 0 Å². The van der Waals surface area contributed by atoms with E-state index in [1.54, 1.807) is 0 Å². The van der Waals surface area contributed by atoms with E-state index in [1.807, 2.05) is 12.1 Å². The summed E-state index contributed by atoms with van der Waals surface area (Å²) in [5.41, 5.74) is 7.48. The van der Waals surface area contributed by atoms with Crippen LogP contribution in [-0.2, 0) is 6.42 Å². The third kappa shape index (κ3) is 6.02. The van der Waals surface area contributed by atoms with Crippen molar-refractivity contribution < 1.29 is 9.13 Å². The average Bonchev–Trinajstić information content (AvgIpc) is 2.98. The molecule has 0 unspecified atom stereocenters. The number of unbranched alkanes of at least 4 members (excludes halogenated alkanes) is 1. The summed E-state index contributed by atoms with van der Waals surface area (Å²) in [6.07, 6.45) is 4.85. The summed E-state index contributed by atoms with van der Waals surface area (Å²) >= 11 is 0. The number of hydrogen-bond donors (Lipinski definition) is 1. The third-order valence-electron chi connectivity index (χ3n) is 3.91. The van der Waals surface area contributed by atoms with Crippen LogP contribution in [0.15, 0.2) is 24.3 Å². The van der Waals surface area contributed by atoms with Gasteiger partial charge in [0, 0.05) is 12.6 Å². The molecule has 0 aliphatic carbocycles. The van der Waals surface area contributed by atoms with Gasteiger partial charge in [0.1, 0.15) is 5.75 Å². The van der Waals surface area contributed by atoms with E-state index in [9.17, 15) is 4.39 Å². The van der Waals surface area contributed by atoms with Crippen molar-refractivity contribution in [2.75, 3.05) is 32.9 Å². The van der Waals surface area contributed by atoms with E-state index < -0.39 is 0 Å². The van der Waals surface area contributed by atoms with Crippen LogP contribution in [0.25, 0.3) is 0 Å². The van der Waals surface area contributed by atoms with Crippen molar-refractivity contribution in [3.63, 3.8) is 0 Å². The Balaban J connectivity index is 1.70. The van der Waals surface area contributed by atoms with E-state index in [0.29, 0.717) is 13.0 Å². The molecule has 1 atom stereocenters. The number of nitrogens with zero attached hydrogens (tertiary/aromatic N) is 1. The largest absolute Gasteiger partial charge is 0.494 e. The van der Waals surface area contributed by atoms with Crippen LogP contribution in [0.1, 0.15) is 31.2 Å². The molecule has 0 radical (unpaired) electrons. The van der Waals surface area contributed by atoms with Gasteiger partial charge in [0.15, 0.2) is 0 Å². The molecule has 1 heterocycles. The van der Waals surface area contributed by atoms with Crippen molar-refractivity contribution in [1.82, 2.24) is 4.90 Å². The normalized spacial score (nSPS) is 17.0. The standard InChI is InChI=1S/C17H27FN2O/c18-9-1-4-12-21-17-7-5-15(6-8-17)13-16(19)14-20-10-2-3-11-20/h5-8,16H,1-4,9-14,19H2/t16-/m0/s1. The molecular weight excluding hydrogens is 267 g/mol. The highest BCUT2D eigenvalue weighted by Gasteiger charge is 2.15. The minimum absolute atomic E-state index is 0.194. The zero-order valence-corrected chi connectivity index (χ0v) is 12.8. The minimum Gasteiger partial charge on any atom is -0.494 e. The Labute approximate surface area is 127 Å². The first kappa shape index (κ1) is 16.2. The Morgan fingerprint density at radius 3 is 2.52 bits per heavy atom. The van der Waals surface area contributed by atoms with Gasteiger partial charge >= 0.3 is 0 Å². The summed E-state index contributed by atoms with van der Waals surface area (Å²) in [5.74, 6) is 0.853. The molecule has 2 N–H and O–H groups in total. The van der Waals surface area contributed by atoms with Gasteiger partial charge in [0.25, 0.3) is 0 Å². The van der Waals surface area contributed by atoms with Crippen LogP contribution in [0.2, 0.25) is 0 Å². The van der Waals surface area contributed by atoms with E-state index in [0.717, 1.165) is 25.1 Å². The predicted molar refractivity (Wildman–Crippen MR) is 84.5 cm³/mol. The lowest BCUT2D eigenvalue weighted by atomic mass is 10.1. The molecule has 118 valence electrons. The quantitative estimate of drug-likeness (QED) is 0.712.